The van der Waals surface area contributed by atoms with Crippen LogP contribution in [-0.4, -0.2) is 98.5 Å². The van der Waals surface area contributed by atoms with E-state index in [2.05, 4.69) is 15.0 Å². The number of esters is 4. The number of thioether (sulfide) groups is 1. The average Bonchev–Trinajstić information content (AvgIpc) is 3.63. The third-order valence-corrected chi connectivity index (χ3v) is 8.63. The fraction of sp³-hybridized carbons (Fsp3) is 0.559. The number of nitrogens with zero attached hydrogens (tertiary/aromatic N) is 4. The molecule has 17 heteroatoms. The van der Waals surface area contributed by atoms with E-state index in [0.717, 1.165) is 11.8 Å². The predicted octanol–water partition coefficient (Wildman–Crippen LogP) is 3.35. The van der Waals surface area contributed by atoms with E-state index in [4.69, 9.17) is 34.2 Å². The van der Waals surface area contributed by atoms with E-state index >= 15 is 0 Å². The standard InChI is InChI=1S/C34H45N5O11S/c1-8-45-33(44)20-9-11-22(12-10-20)46-13-21(40)15-51-34-38-24-27(35)36-16-37-28(24)39(34)29-26(50-32(43)19(6)7)25(49-31(42)18(4)5)23(48-29)14-47-30(41)17(2)3/h9-12,16-19,21,23,25-26,29,40H,8,13-15H2,1-7H3,(H2,35,36,37)/t21?,23-,25-,26-,29-/m1/s1. The van der Waals surface area contributed by atoms with Gasteiger partial charge in [0.2, 0.25) is 0 Å². The molecule has 278 valence electrons. The molecule has 1 aromatic carbocycles. The number of carbonyl (C=O) groups is 4. The van der Waals surface area contributed by atoms with E-state index in [1.807, 2.05) is 0 Å². The number of nitrogens with two attached hydrogens (primary N) is 1. The first-order valence-corrected chi connectivity index (χ1v) is 17.6. The van der Waals surface area contributed by atoms with E-state index in [0.29, 0.717) is 11.3 Å². The molecule has 1 saturated heterocycles. The number of carbonyl (C=O) groups excluding carboxylic acids is 4. The number of benzene rings is 1. The number of aromatic nitrogens is 4. The minimum Gasteiger partial charge on any atom is -0.491 e. The van der Waals surface area contributed by atoms with E-state index in [1.165, 1.54) is 6.33 Å². The van der Waals surface area contributed by atoms with Crippen LogP contribution in [0.2, 0.25) is 0 Å². The Bertz CT molecular complexity index is 1680. The zero-order valence-corrected chi connectivity index (χ0v) is 30.5. The van der Waals surface area contributed by atoms with Gasteiger partial charge < -0.3 is 39.3 Å². The van der Waals surface area contributed by atoms with Gasteiger partial charge in [0, 0.05) is 5.75 Å². The molecule has 0 aliphatic carbocycles. The summed E-state index contributed by atoms with van der Waals surface area (Å²) in [6.45, 7) is 11.6. The van der Waals surface area contributed by atoms with Crippen LogP contribution in [0.25, 0.3) is 11.2 Å². The van der Waals surface area contributed by atoms with Crippen LogP contribution in [0.3, 0.4) is 0 Å². The van der Waals surface area contributed by atoms with Crippen LogP contribution in [0.5, 0.6) is 5.75 Å². The summed E-state index contributed by atoms with van der Waals surface area (Å²) in [5.74, 6) is -3.06. The van der Waals surface area contributed by atoms with Crippen molar-refractivity contribution in [2.24, 2.45) is 17.8 Å². The van der Waals surface area contributed by atoms with Crippen molar-refractivity contribution in [3.8, 4) is 5.75 Å². The molecule has 3 heterocycles. The monoisotopic (exact) mass is 731 g/mol. The lowest BCUT2D eigenvalue weighted by Crippen LogP contribution is -2.42. The van der Waals surface area contributed by atoms with Crippen LogP contribution in [0.15, 0.2) is 35.7 Å². The SMILES string of the molecule is CCOC(=O)c1ccc(OCC(O)CSc2nc3c(N)ncnc3n2[C@@H]2O[C@H](COC(=O)C(C)C)[C@@H](OC(=O)C(C)C)[C@H]2OC(=O)C(C)C)cc1. The smallest absolute Gasteiger partial charge is 0.338 e. The number of hydrogen-bond acceptors (Lipinski definition) is 16. The highest BCUT2D eigenvalue weighted by Crippen LogP contribution is 2.40. The molecule has 16 nitrogen and oxygen atoms in total. The highest BCUT2D eigenvalue weighted by atomic mass is 32.2. The average molecular weight is 732 g/mol. The lowest BCUT2D eigenvalue weighted by Gasteiger charge is -2.26. The number of rotatable bonds is 16. The summed E-state index contributed by atoms with van der Waals surface area (Å²) in [7, 11) is 0. The van der Waals surface area contributed by atoms with Crippen molar-refractivity contribution in [1.29, 1.82) is 0 Å². The summed E-state index contributed by atoms with van der Waals surface area (Å²) in [5.41, 5.74) is 6.99. The van der Waals surface area contributed by atoms with Gasteiger partial charge in [0.15, 0.2) is 40.6 Å². The minimum absolute atomic E-state index is 0.0645. The number of fused-ring (bicyclic) bond motifs is 1. The Hall–Kier alpha value is -4.48. The van der Waals surface area contributed by atoms with Crippen molar-refractivity contribution < 1.29 is 52.7 Å². The van der Waals surface area contributed by atoms with Crippen LogP contribution in [0.4, 0.5) is 5.82 Å². The number of ether oxygens (including phenoxy) is 6. The van der Waals surface area contributed by atoms with Gasteiger partial charge in [-0.15, -0.1) is 0 Å². The number of aliphatic hydroxyl groups excluding tert-OH is 1. The largest absolute Gasteiger partial charge is 0.491 e. The first-order valence-electron chi connectivity index (χ1n) is 16.6. The fourth-order valence-corrected chi connectivity index (χ4v) is 5.66. The molecular formula is C34H45N5O11S. The molecule has 3 N–H and O–H groups in total. The maximum absolute atomic E-state index is 13.1. The zero-order valence-electron chi connectivity index (χ0n) is 29.6. The maximum Gasteiger partial charge on any atom is 0.338 e. The third-order valence-electron chi connectivity index (χ3n) is 7.53. The van der Waals surface area contributed by atoms with Crippen molar-refractivity contribution in [1.82, 2.24) is 19.5 Å². The molecule has 1 aliphatic rings. The zero-order chi connectivity index (χ0) is 37.4. The van der Waals surface area contributed by atoms with Gasteiger partial charge in [-0.1, -0.05) is 53.3 Å². The molecule has 0 spiro atoms. The summed E-state index contributed by atoms with van der Waals surface area (Å²) in [5, 5.41) is 11.2. The number of imidazole rings is 1. The van der Waals surface area contributed by atoms with Crippen molar-refractivity contribution in [3.05, 3.63) is 36.2 Å². The van der Waals surface area contributed by atoms with Gasteiger partial charge in [0.05, 0.1) is 36.0 Å². The van der Waals surface area contributed by atoms with E-state index in [-0.39, 0.29) is 47.7 Å². The van der Waals surface area contributed by atoms with Crippen LogP contribution in [-0.2, 0) is 38.1 Å². The van der Waals surface area contributed by atoms with Crippen LogP contribution >= 0.6 is 11.8 Å². The van der Waals surface area contributed by atoms with Crippen molar-refractivity contribution in [2.75, 3.05) is 31.3 Å². The number of nitrogen functional groups attached to an aromatic ring is 1. The first kappa shape index (κ1) is 39.3. The molecular weight excluding hydrogens is 686 g/mol. The molecule has 2 aromatic heterocycles. The second-order valence-corrected chi connectivity index (χ2v) is 13.7. The van der Waals surface area contributed by atoms with Crippen LogP contribution in [0, 0.1) is 17.8 Å². The molecule has 1 fully saturated rings. The maximum atomic E-state index is 13.1. The Morgan fingerprint density at radius 1 is 0.922 bits per heavy atom. The van der Waals surface area contributed by atoms with Gasteiger partial charge in [0.1, 0.15) is 31.4 Å². The summed E-state index contributed by atoms with van der Waals surface area (Å²) >= 11 is 1.12. The Balaban J connectivity index is 1.64. The third kappa shape index (κ3) is 9.86. The molecule has 0 saturated carbocycles. The van der Waals surface area contributed by atoms with Gasteiger partial charge in [0.25, 0.3) is 0 Å². The molecule has 1 unspecified atom stereocenters. The van der Waals surface area contributed by atoms with Crippen molar-refractivity contribution >= 4 is 52.6 Å². The van der Waals surface area contributed by atoms with Crippen LogP contribution in [0.1, 0.15) is 65.1 Å². The molecule has 3 aromatic rings. The number of hydrogen-bond donors (Lipinski definition) is 2. The molecule has 4 rings (SSSR count). The highest BCUT2D eigenvalue weighted by molar-refractivity contribution is 7.99. The van der Waals surface area contributed by atoms with Gasteiger partial charge in [-0.3, -0.25) is 19.0 Å². The lowest BCUT2D eigenvalue weighted by molar-refractivity contribution is -0.173. The first-order chi connectivity index (χ1) is 24.2. The predicted molar refractivity (Wildman–Crippen MR) is 184 cm³/mol. The summed E-state index contributed by atoms with van der Waals surface area (Å²) in [6, 6.07) is 6.32. The molecule has 0 bridgehead atoms. The Morgan fingerprint density at radius 2 is 1.55 bits per heavy atom. The molecule has 1 aliphatic heterocycles. The highest BCUT2D eigenvalue weighted by Gasteiger charge is 2.52. The quantitative estimate of drug-likeness (QED) is 0.123. The van der Waals surface area contributed by atoms with E-state index in [9.17, 15) is 24.3 Å². The second-order valence-electron chi connectivity index (χ2n) is 12.7. The number of aliphatic hydroxyl groups is 1. The van der Waals surface area contributed by atoms with Gasteiger partial charge in [-0.25, -0.2) is 19.7 Å². The number of anilines is 1. The second kappa shape index (κ2) is 17.6. The topological polar surface area (TPSA) is 214 Å². The van der Waals surface area contributed by atoms with Crippen LogP contribution < -0.4 is 10.5 Å². The fourth-order valence-electron chi connectivity index (χ4n) is 4.74. The Kier molecular flexibility index (Phi) is 13.6. The summed E-state index contributed by atoms with van der Waals surface area (Å²) in [4.78, 5) is 63.5. The molecule has 5 atom stereocenters. The van der Waals surface area contributed by atoms with E-state index in [1.54, 1.807) is 77.3 Å². The Morgan fingerprint density at radius 3 is 2.16 bits per heavy atom. The Labute approximate surface area is 299 Å². The van der Waals surface area contributed by atoms with Crippen molar-refractivity contribution in [2.45, 2.75) is 84.3 Å². The lowest BCUT2D eigenvalue weighted by atomic mass is 10.1. The molecule has 0 amide bonds. The summed E-state index contributed by atoms with van der Waals surface area (Å²) in [6.07, 6.45) is -4.41. The van der Waals surface area contributed by atoms with Gasteiger partial charge >= 0.3 is 23.9 Å². The molecule has 0 radical (unpaired) electrons. The summed E-state index contributed by atoms with van der Waals surface area (Å²) < 4.78 is 36.0. The van der Waals surface area contributed by atoms with Gasteiger partial charge in [-0.2, -0.15) is 0 Å². The molecule has 51 heavy (non-hydrogen) atoms. The van der Waals surface area contributed by atoms with E-state index < -0.39 is 72.3 Å². The van der Waals surface area contributed by atoms with Crippen molar-refractivity contribution in [3.63, 3.8) is 0 Å². The van der Waals surface area contributed by atoms with Gasteiger partial charge in [-0.05, 0) is 31.2 Å². The normalized spacial score (nSPS) is 19.4. The minimum atomic E-state index is -1.23.